The Bertz CT molecular complexity index is 1080. The lowest BCUT2D eigenvalue weighted by Gasteiger charge is -2.27. The molecule has 0 bridgehead atoms. The summed E-state index contributed by atoms with van der Waals surface area (Å²) in [5.74, 6) is 1.15. The van der Waals surface area contributed by atoms with E-state index in [2.05, 4.69) is 23.8 Å². The summed E-state index contributed by atoms with van der Waals surface area (Å²) in [6.07, 6.45) is 0.676. The number of hydrogen-bond donors (Lipinski definition) is 1. The Hall–Kier alpha value is -2.99. The van der Waals surface area contributed by atoms with Crippen LogP contribution in [-0.2, 0) is 16.4 Å². The number of aryl methyl sites for hydroxylation is 1. The molecule has 0 saturated heterocycles. The van der Waals surface area contributed by atoms with Gasteiger partial charge in [-0.2, -0.15) is 0 Å². The first-order chi connectivity index (χ1) is 13.5. The molecule has 0 fully saturated rings. The van der Waals surface area contributed by atoms with Crippen molar-refractivity contribution in [3.05, 3.63) is 83.9 Å². The van der Waals surface area contributed by atoms with Crippen LogP contribution in [0.15, 0.2) is 77.7 Å². The van der Waals surface area contributed by atoms with Crippen molar-refractivity contribution in [1.82, 2.24) is 0 Å². The molecule has 0 saturated carbocycles. The number of sulfonamides is 1. The van der Waals surface area contributed by atoms with Crippen LogP contribution in [0, 0.1) is 6.92 Å². The fourth-order valence-electron chi connectivity index (χ4n) is 3.18. The molecule has 1 N–H and O–H groups in total. The first kappa shape index (κ1) is 18.4. The number of nitrogens with one attached hydrogen (secondary N) is 1. The quantitative estimate of drug-likeness (QED) is 0.704. The fourth-order valence-corrected chi connectivity index (χ4v) is 4.25. The van der Waals surface area contributed by atoms with Crippen LogP contribution in [0.5, 0.6) is 11.5 Å². The van der Waals surface area contributed by atoms with Gasteiger partial charge in [0.2, 0.25) is 0 Å². The van der Waals surface area contributed by atoms with Gasteiger partial charge in [0.1, 0.15) is 12.7 Å². The highest BCUT2D eigenvalue weighted by Gasteiger charge is 2.23. The maximum absolute atomic E-state index is 12.5. The standard InChI is InChI=1S/C22H21NO4S/c1-16-7-5-6-8-17(16)13-19-15-26-22-14-18(11-12-21(22)27-19)23-28(24,25)20-9-3-2-4-10-20/h2-12,14,19,23H,13,15H2,1H3. The fraction of sp³-hybridized carbons (Fsp3) is 0.182. The summed E-state index contributed by atoms with van der Waals surface area (Å²) in [6, 6.07) is 21.5. The van der Waals surface area contributed by atoms with Gasteiger partial charge in [-0.25, -0.2) is 8.42 Å². The molecule has 0 amide bonds. The van der Waals surface area contributed by atoms with Gasteiger partial charge in [0.05, 0.1) is 10.6 Å². The number of rotatable bonds is 5. The van der Waals surface area contributed by atoms with Gasteiger partial charge < -0.3 is 9.47 Å². The van der Waals surface area contributed by atoms with Gasteiger partial charge in [-0.3, -0.25) is 4.72 Å². The molecular formula is C22H21NO4S. The van der Waals surface area contributed by atoms with E-state index in [1.165, 1.54) is 11.1 Å². The van der Waals surface area contributed by atoms with Crippen LogP contribution in [-0.4, -0.2) is 21.1 Å². The van der Waals surface area contributed by atoms with Crippen LogP contribution < -0.4 is 14.2 Å². The van der Waals surface area contributed by atoms with Crippen LogP contribution in [0.2, 0.25) is 0 Å². The first-order valence-electron chi connectivity index (χ1n) is 9.07. The Labute approximate surface area is 165 Å². The molecule has 1 atom stereocenters. The van der Waals surface area contributed by atoms with E-state index in [1.54, 1.807) is 48.5 Å². The lowest BCUT2D eigenvalue weighted by Crippen LogP contribution is -2.31. The molecule has 0 radical (unpaired) electrons. The molecule has 1 aliphatic heterocycles. The van der Waals surface area contributed by atoms with Crippen molar-refractivity contribution in [3.63, 3.8) is 0 Å². The Balaban J connectivity index is 1.48. The smallest absolute Gasteiger partial charge is 0.261 e. The maximum Gasteiger partial charge on any atom is 0.261 e. The molecule has 28 heavy (non-hydrogen) atoms. The molecule has 0 aromatic heterocycles. The highest BCUT2D eigenvalue weighted by molar-refractivity contribution is 7.92. The van der Waals surface area contributed by atoms with E-state index in [0.29, 0.717) is 23.8 Å². The molecule has 0 spiro atoms. The van der Waals surface area contributed by atoms with E-state index in [1.807, 2.05) is 12.1 Å². The zero-order chi connectivity index (χ0) is 19.6. The summed E-state index contributed by atoms with van der Waals surface area (Å²) in [5.41, 5.74) is 2.89. The van der Waals surface area contributed by atoms with Crippen molar-refractivity contribution in [2.45, 2.75) is 24.3 Å². The third kappa shape index (κ3) is 3.97. The largest absolute Gasteiger partial charge is 0.486 e. The second-order valence-corrected chi connectivity index (χ2v) is 8.44. The van der Waals surface area contributed by atoms with Gasteiger partial charge in [0.25, 0.3) is 10.0 Å². The molecule has 4 rings (SSSR count). The molecule has 6 heteroatoms. The van der Waals surface area contributed by atoms with Crippen LogP contribution in [0.4, 0.5) is 5.69 Å². The second kappa shape index (κ2) is 7.56. The van der Waals surface area contributed by atoms with E-state index in [4.69, 9.17) is 9.47 Å². The Kier molecular flexibility index (Phi) is 4.96. The summed E-state index contributed by atoms with van der Waals surface area (Å²) >= 11 is 0. The predicted molar refractivity (Wildman–Crippen MR) is 108 cm³/mol. The minimum Gasteiger partial charge on any atom is -0.486 e. The van der Waals surface area contributed by atoms with Gasteiger partial charge in [-0.1, -0.05) is 42.5 Å². The van der Waals surface area contributed by atoms with Crippen molar-refractivity contribution in [2.24, 2.45) is 0 Å². The van der Waals surface area contributed by atoms with E-state index >= 15 is 0 Å². The molecule has 144 valence electrons. The van der Waals surface area contributed by atoms with Crippen molar-refractivity contribution < 1.29 is 17.9 Å². The maximum atomic E-state index is 12.5. The predicted octanol–water partition coefficient (Wildman–Crippen LogP) is 4.18. The third-order valence-electron chi connectivity index (χ3n) is 4.68. The number of fused-ring (bicyclic) bond motifs is 1. The molecular weight excluding hydrogens is 374 g/mol. The van der Waals surface area contributed by atoms with Gasteiger partial charge >= 0.3 is 0 Å². The van der Waals surface area contributed by atoms with Gasteiger partial charge in [0.15, 0.2) is 11.5 Å². The van der Waals surface area contributed by atoms with Crippen molar-refractivity contribution in [3.8, 4) is 11.5 Å². The number of benzene rings is 3. The SMILES string of the molecule is Cc1ccccc1CC1COc2cc(NS(=O)(=O)c3ccccc3)ccc2O1. The lowest BCUT2D eigenvalue weighted by atomic mass is 10.0. The van der Waals surface area contributed by atoms with E-state index < -0.39 is 10.0 Å². The van der Waals surface area contributed by atoms with E-state index in [-0.39, 0.29) is 11.0 Å². The summed E-state index contributed by atoms with van der Waals surface area (Å²) in [5, 5.41) is 0. The number of hydrogen-bond acceptors (Lipinski definition) is 4. The lowest BCUT2D eigenvalue weighted by molar-refractivity contribution is 0.0913. The zero-order valence-electron chi connectivity index (χ0n) is 15.5. The average Bonchev–Trinajstić information content (AvgIpc) is 2.70. The third-order valence-corrected chi connectivity index (χ3v) is 6.07. The topological polar surface area (TPSA) is 64.6 Å². The molecule has 5 nitrogen and oxygen atoms in total. The number of ether oxygens (including phenoxy) is 2. The Morgan fingerprint density at radius 3 is 2.50 bits per heavy atom. The zero-order valence-corrected chi connectivity index (χ0v) is 16.3. The van der Waals surface area contributed by atoms with Crippen molar-refractivity contribution in [1.29, 1.82) is 0 Å². The minimum absolute atomic E-state index is 0.0829. The van der Waals surface area contributed by atoms with E-state index in [9.17, 15) is 8.42 Å². The molecule has 1 heterocycles. The highest BCUT2D eigenvalue weighted by Crippen LogP contribution is 2.35. The Morgan fingerprint density at radius 2 is 1.71 bits per heavy atom. The molecule has 3 aromatic rings. The number of anilines is 1. The first-order valence-corrected chi connectivity index (χ1v) is 10.6. The van der Waals surface area contributed by atoms with Gasteiger partial charge in [0, 0.05) is 12.5 Å². The summed E-state index contributed by atoms with van der Waals surface area (Å²) < 4.78 is 39.4. The van der Waals surface area contributed by atoms with Crippen LogP contribution in [0.25, 0.3) is 0 Å². The molecule has 1 unspecified atom stereocenters. The van der Waals surface area contributed by atoms with Crippen molar-refractivity contribution in [2.75, 3.05) is 11.3 Å². The molecule has 1 aliphatic rings. The van der Waals surface area contributed by atoms with Crippen molar-refractivity contribution >= 4 is 15.7 Å². The minimum atomic E-state index is -3.64. The molecule has 0 aliphatic carbocycles. The average molecular weight is 395 g/mol. The monoisotopic (exact) mass is 395 g/mol. The van der Waals surface area contributed by atoms with Gasteiger partial charge in [-0.15, -0.1) is 0 Å². The van der Waals surface area contributed by atoms with Crippen LogP contribution in [0.3, 0.4) is 0 Å². The van der Waals surface area contributed by atoms with E-state index in [0.717, 1.165) is 6.42 Å². The molecule has 3 aromatic carbocycles. The Morgan fingerprint density at radius 1 is 0.964 bits per heavy atom. The second-order valence-electron chi connectivity index (χ2n) is 6.76. The summed E-state index contributed by atoms with van der Waals surface area (Å²) in [6.45, 7) is 2.49. The normalized spacial score (nSPS) is 15.8. The summed E-state index contributed by atoms with van der Waals surface area (Å²) in [4.78, 5) is 0.211. The van der Waals surface area contributed by atoms with Gasteiger partial charge in [-0.05, 0) is 42.3 Å². The van der Waals surface area contributed by atoms with Crippen LogP contribution in [0.1, 0.15) is 11.1 Å². The summed E-state index contributed by atoms with van der Waals surface area (Å²) in [7, 11) is -3.64. The van der Waals surface area contributed by atoms with Crippen LogP contribution >= 0.6 is 0 Å². The highest BCUT2D eigenvalue weighted by atomic mass is 32.2.